The zero-order valence-corrected chi connectivity index (χ0v) is 15.6. The summed E-state index contributed by atoms with van der Waals surface area (Å²) in [6, 6.07) is 12.4. The van der Waals surface area contributed by atoms with E-state index >= 15 is 0 Å². The van der Waals surface area contributed by atoms with Crippen molar-refractivity contribution in [3.8, 4) is 5.75 Å². The largest absolute Gasteiger partial charge is 0.496 e. The third-order valence-corrected chi connectivity index (χ3v) is 5.60. The van der Waals surface area contributed by atoms with Crippen LogP contribution in [0.3, 0.4) is 0 Å². The van der Waals surface area contributed by atoms with Crippen LogP contribution in [-0.4, -0.2) is 15.5 Å². The van der Waals surface area contributed by atoms with Gasteiger partial charge in [0.05, 0.1) is 12.0 Å². The molecule has 1 N–H and O–H groups in total. The standard InChI is InChI=1S/C19H25NO3S/c1-13(2)16-7-9-17(10-8-16)24(21,22)20-15(4)18-12-14(3)6-11-19(18)23-5/h6-13,15,20H,1-5H3. The van der Waals surface area contributed by atoms with Gasteiger partial charge >= 0.3 is 0 Å². The maximum absolute atomic E-state index is 12.6. The van der Waals surface area contributed by atoms with E-state index in [9.17, 15) is 8.42 Å². The average molecular weight is 347 g/mol. The Balaban J connectivity index is 2.27. The first kappa shape index (κ1) is 18.5. The van der Waals surface area contributed by atoms with Gasteiger partial charge in [0, 0.05) is 11.6 Å². The molecular formula is C19H25NO3S. The first-order chi connectivity index (χ1) is 11.2. The molecule has 0 saturated heterocycles. The van der Waals surface area contributed by atoms with Gasteiger partial charge in [0.1, 0.15) is 5.75 Å². The van der Waals surface area contributed by atoms with Gasteiger partial charge in [0.15, 0.2) is 0 Å². The van der Waals surface area contributed by atoms with Crippen molar-refractivity contribution < 1.29 is 13.2 Å². The normalized spacial score (nSPS) is 13.1. The summed E-state index contributed by atoms with van der Waals surface area (Å²) < 4.78 is 33.3. The summed E-state index contributed by atoms with van der Waals surface area (Å²) in [4.78, 5) is 0.269. The van der Waals surface area contributed by atoms with E-state index in [2.05, 4.69) is 18.6 Å². The van der Waals surface area contributed by atoms with Crippen LogP contribution in [0.15, 0.2) is 47.4 Å². The molecule has 1 unspecified atom stereocenters. The predicted molar refractivity (Wildman–Crippen MR) is 97.0 cm³/mol. The van der Waals surface area contributed by atoms with E-state index in [1.165, 1.54) is 0 Å². The van der Waals surface area contributed by atoms with Crippen LogP contribution in [0.25, 0.3) is 0 Å². The molecule has 2 aromatic rings. The molecule has 1 atom stereocenters. The van der Waals surface area contributed by atoms with Gasteiger partial charge in [-0.3, -0.25) is 0 Å². The zero-order valence-electron chi connectivity index (χ0n) is 14.8. The third-order valence-electron chi connectivity index (χ3n) is 4.04. The fraction of sp³-hybridized carbons (Fsp3) is 0.368. The molecule has 2 aromatic carbocycles. The smallest absolute Gasteiger partial charge is 0.241 e. The Morgan fingerprint density at radius 3 is 2.17 bits per heavy atom. The molecule has 0 heterocycles. The predicted octanol–water partition coefficient (Wildman–Crippen LogP) is 4.17. The fourth-order valence-electron chi connectivity index (χ4n) is 2.59. The molecule has 0 fully saturated rings. The number of methoxy groups -OCH3 is 1. The minimum absolute atomic E-state index is 0.269. The summed E-state index contributed by atoms with van der Waals surface area (Å²) in [7, 11) is -2.01. The molecule has 0 bridgehead atoms. The monoisotopic (exact) mass is 347 g/mol. The van der Waals surface area contributed by atoms with Crippen molar-refractivity contribution in [1.82, 2.24) is 4.72 Å². The van der Waals surface area contributed by atoms with E-state index in [1.807, 2.05) is 44.2 Å². The van der Waals surface area contributed by atoms with Gasteiger partial charge in [-0.05, 0) is 43.5 Å². The first-order valence-corrected chi connectivity index (χ1v) is 9.49. The summed E-state index contributed by atoms with van der Waals surface area (Å²) >= 11 is 0. The lowest BCUT2D eigenvalue weighted by Gasteiger charge is -2.18. The van der Waals surface area contributed by atoms with Gasteiger partial charge in [0.2, 0.25) is 10.0 Å². The molecule has 24 heavy (non-hydrogen) atoms. The average Bonchev–Trinajstić information content (AvgIpc) is 2.54. The first-order valence-electron chi connectivity index (χ1n) is 8.01. The summed E-state index contributed by atoms with van der Waals surface area (Å²) in [6.45, 7) is 7.94. The van der Waals surface area contributed by atoms with E-state index in [0.717, 1.165) is 16.7 Å². The van der Waals surface area contributed by atoms with Crippen molar-refractivity contribution in [2.45, 2.75) is 44.6 Å². The van der Waals surface area contributed by atoms with Crippen LogP contribution in [0.1, 0.15) is 49.4 Å². The number of hydrogen-bond acceptors (Lipinski definition) is 3. The maximum Gasteiger partial charge on any atom is 0.241 e. The Bertz CT molecular complexity index is 796. The Morgan fingerprint density at radius 1 is 1.00 bits per heavy atom. The van der Waals surface area contributed by atoms with E-state index in [4.69, 9.17) is 4.74 Å². The van der Waals surface area contributed by atoms with Crippen LogP contribution in [0.4, 0.5) is 0 Å². The molecule has 0 aliphatic rings. The SMILES string of the molecule is COc1ccc(C)cc1C(C)NS(=O)(=O)c1ccc(C(C)C)cc1. The Hall–Kier alpha value is -1.85. The van der Waals surface area contributed by atoms with E-state index in [0.29, 0.717) is 11.7 Å². The molecule has 4 nitrogen and oxygen atoms in total. The lowest BCUT2D eigenvalue weighted by atomic mass is 10.0. The van der Waals surface area contributed by atoms with Gasteiger partial charge in [-0.15, -0.1) is 0 Å². The number of sulfonamides is 1. The van der Waals surface area contributed by atoms with E-state index in [1.54, 1.807) is 19.2 Å². The second-order valence-electron chi connectivity index (χ2n) is 6.31. The Morgan fingerprint density at radius 2 is 1.62 bits per heavy atom. The molecule has 2 rings (SSSR count). The molecule has 0 aliphatic heterocycles. The highest BCUT2D eigenvalue weighted by molar-refractivity contribution is 7.89. The number of nitrogens with one attached hydrogen (secondary N) is 1. The highest BCUT2D eigenvalue weighted by Crippen LogP contribution is 2.27. The number of aryl methyl sites for hydroxylation is 1. The van der Waals surface area contributed by atoms with E-state index in [-0.39, 0.29) is 4.90 Å². The lowest BCUT2D eigenvalue weighted by molar-refractivity contribution is 0.405. The van der Waals surface area contributed by atoms with Gasteiger partial charge in [-0.1, -0.05) is 43.7 Å². The lowest BCUT2D eigenvalue weighted by Crippen LogP contribution is -2.27. The Kier molecular flexibility index (Phi) is 5.67. The molecule has 0 radical (unpaired) electrons. The van der Waals surface area contributed by atoms with Gasteiger partial charge in [-0.25, -0.2) is 13.1 Å². The molecule has 0 spiro atoms. The molecule has 0 aliphatic carbocycles. The fourth-order valence-corrected chi connectivity index (χ4v) is 3.81. The van der Waals surface area contributed by atoms with Crippen LogP contribution in [0.5, 0.6) is 5.75 Å². The molecule has 0 aromatic heterocycles. The summed E-state index contributed by atoms with van der Waals surface area (Å²) in [5.41, 5.74) is 2.99. The maximum atomic E-state index is 12.6. The molecular weight excluding hydrogens is 322 g/mol. The second kappa shape index (κ2) is 7.36. The van der Waals surface area contributed by atoms with Crippen molar-refractivity contribution in [3.05, 3.63) is 59.2 Å². The summed E-state index contributed by atoms with van der Waals surface area (Å²) in [6.07, 6.45) is 0. The number of hydrogen-bond donors (Lipinski definition) is 1. The summed E-state index contributed by atoms with van der Waals surface area (Å²) in [5.74, 6) is 1.04. The molecule has 5 heteroatoms. The van der Waals surface area contributed by atoms with Crippen LogP contribution in [-0.2, 0) is 10.0 Å². The van der Waals surface area contributed by atoms with Gasteiger partial charge < -0.3 is 4.74 Å². The topological polar surface area (TPSA) is 55.4 Å². The minimum atomic E-state index is -3.59. The van der Waals surface area contributed by atoms with Crippen LogP contribution >= 0.6 is 0 Å². The van der Waals surface area contributed by atoms with E-state index < -0.39 is 16.1 Å². The number of benzene rings is 2. The minimum Gasteiger partial charge on any atom is -0.496 e. The second-order valence-corrected chi connectivity index (χ2v) is 8.03. The van der Waals surface area contributed by atoms with Crippen LogP contribution < -0.4 is 9.46 Å². The molecule has 0 amide bonds. The molecule has 0 saturated carbocycles. The number of rotatable bonds is 6. The highest BCUT2D eigenvalue weighted by Gasteiger charge is 2.20. The van der Waals surface area contributed by atoms with Gasteiger partial charge in [-0.2, -0.15) is 0 Å². The van der Waals surface area contributed by atoms with Gasteiger partial charge in [0.25, 0.3) is 0 Å². The van der Waals surface area contributed by atoms with Crippen molar-refractivity contribution >= 4 is 10.0 Å². The van der Waals surface area contributed by atoms with Crippen LogP contribution in [0.2, 0.25) is 0 Å². The quantitative estimate of drug-likeness (QED) is 0.853. The Labute approximate surface area is 144 Å². The third kappa shape index (κ3) is 4.16. The van der Waals surface area contributed by atoms with Crippen molar-refractivity contribution in [3.63, 3.8) is 0 Å². The zero-order chi connectivity index (χ0) is 17.9. The molecule has 130 valence electrons. The van der Waals surface area contributed by atoms with Crippen molar-refractivity contribution in [1.29, 1.82) is 0 Å². The highest BCUT2D eigenvalue weighted by atomic mass is 32.2. The van der Waals surface area contributed by atoms with Crippen molar-refractivity contribution in [2.75, 3.05) is 7.11 Å². The van der Waals surface area contributed by atoms with Crippen LogP contribution in [0, 0.1) is 6.92 Å². The summed E-state index contributed by atoms with van der Waals surface area (Å²) in [5, 5.41) is 0. The number of ether oxygens (including phenoxy) is 1. The van der Waals surface area contributed by atoms with Crippen molar-refractivity contribution in [2.24, 2.45) is 0 Å².